The monoisotopic (exact) mass is 401 g/mol. The van der Waals surface area contributed by atoms with E-state index in [1.54, 1.807) is 6.07 Å². The summed E-state index contributed by atoms with van der Waals surface area (Å²) in [6, 6.07) is 11.4. The molecule has 3 rings (SSSR count). The van der Waals surface area contributed by atoms with E-state index in [0.717, 1.165) is 30.0 Å². The highest BCUT2D eigenvalue weighted by atomic mass is 19.4. The van der Waals surface area contributed by atoms with Gasteiger partial charge in [0.05, 0.1) is 12.1 Å². The van der Waals surface area contributed by atoms with E-state index in [4.69, 9.17) is 0 Å². The Hall–Kier alpha value is -2.40. The summed E-state index contributed by atoms with van der Waals surface area (Å²) in [4.78, 5) is 14.7. The second-order valence-electron chi connectivity index (χ2n) is 7.41. The third-order valence-electron chi connectivity index (χ3n) is 5.51. The van der Waals surface area contributed by atoms with Gasteiger partial charge in [-0.05, 0) is 59.7 Å². The van der Waals surface area contributed by atoms with Crippen molar-refractivity contribution >= 4 is 11.4 Å². The lowest BCUT2D eigenvalue weighted by atomic mass is 9.96. The summed E-state index contributed by atoms with van der Waals surface area (Å²) >= 11 is 0. The molecule has 2 aromatic carbocycles. The van der Waals surface area contributed by atoms with Gasteiger partial charge in [0, 0.05) is 18.7 Å². The molecule has 0 radical (unpaired) electrons. The first kappa shape index (κ1) is 21.3. The van der Waals surface area contributed by atoms with Crippen LogP contribution in [0.1, 0.15) is 52.9 Å². The van der Waals surface area contributed by atoms with Crippen LogP contribution in [0.25, 0.3) is 5.57 Å². The number of carbonyl (C=O) groups is 1. The van der Waals surface area contributed by atoms with E-state index >= 15 is 0 Å². The summed E-state index contributed by atoms with van der Waals surface area (Å²) in [5.41, 5.74) is 4.09. The van der Waals surface area contributed by atoms with Crippen molar-refractivity contribution in [3.05, 3.63) is 76.4 Å². The molecule has 154 valence electrons. The Morgan fingerprint density at radius 3 is 2.41 bits per heavy atom. The molecule has 1 aliphatic rings. The summed E-state index contributed by atoms with van der Waals surface area (Å²) < 4.78 is 38.8. The Kier molecular flexibility index (Phi) is 6.58. The number of hydrogen-bond donors (Lipinski definition) is 0. The number of ketones is 1. The number of hydrogen-bond acceptors (Lipinski definition) is 2. The van der Waals surface area contributed by atoms with Crippen LogP contribution in [0.4, 0.5) is 13.2 Å². The van der Waals surface area contributed by atoms with Crippen LogP contribution < -0.4 is 0 Å². The zero-order valence-electron chi connectivity index (χ0n) is 16.9. The van der Waals surface area contributed by atoms with Crippen LogP contribution in [0, 0.1) is 0 Å². The summed E-state index contributed by atoms with van der Waals surface area (Å²) in [5.74, 6) is 0.0817. The Morgan fingerprint density at radius 1 is 1.03 bits per heavy atom. The van der Waals surface area contributed by atoms with Crippen molar-refractivity contribution < 1.29 is 18.0 Å². The fourth-order valence-electron chi connectivity index (χ4n) is 3.78. The molecule has 1 aliphatic heterocycles. The highest BCUT2D eigenvalue weighted by Crippen LogP contribution is 2.32. The molecule has 0 fully saturated rings. The number of halogens is 3. The second-order valence-corrected chi connectivity index (χ2v) is 7.41. The highest BCUT2D eigenvalue weighted by molar-refractivity contribution is 5.98. The highest BCUT2D eigenvalue weighted by Gasteiger charge is 2.30. The topological polar surface area (TPSA) is 20.3 Å². The van der Waals surface area contributed by atoms with Crippen LogP contribution >= 0.6 is 0 Å². The maximum Gasteiger partial charge on any atom is 0.416 e. The Morgan fingerprint density at radius 2 is 1.79 bits per heavy atom. The number of Topliss-reactive ketones (excluding diaryl/α,β-unsaturated/α-hetero) is 1. The Labute approximate surface area is 170 Å². The van der Waals surface area contributed by atoms with Gasteiger partial charge in [0.25, 0.3) is 0 Å². The molecule has 0 unspecified atom stereocenters. The largest absolute Gasteiger partial charge is 0.416 e. The minimum absolute atomic E-state index is 0.0817. The third-order valence-corrected chi connectivity index (χ3v) is 5.51. The minimum atomic E-state index is -4.34. The fourth-order valence-corrected chi connectivity index (χ4v) is 3.78. The maximum absolute atomic E-state index is 12.9. The number of rotatable bonds is 6. The molecule has 5 heteroatoms. The molecule has 0 N–H and O–H groups in total. The summed E-state index contributed by atoms with van der Waals surface area (Å²) in [6.07, 6.45) is 0.0752. The van der Waals surface area contributed by atoms with E-state index in [1.807, 2.05) is 29.2 Å². The molecular weight excluding hydrogens is 375 g/mol. The molecule has 29 heavy (non-hydrogen) atoms. The average molecular weight is 401 g/mol. The molecular formula is C24H26F3NO. The lowest BCUT2D eigenvalue weighted by molar-refractivity contribution is -0.137. The van der Waals surface area contributed by atoms with Crippen molar-refractivity contribution in [3.8, 4) is 0 Å². The zero-order valence-corrected chi connectivity index (χ0v) is 16.9. The van der Waals surface area contributed by atoms with Crippen LogP contribution in [0.15, 0.2) is 48.5 Å². The van der Waals surface area contributed by atoms with Crippen LogP contribution in [0.2, 0.25) is 0 Å². The third kappa shape index (κ3) is 5.15. The first-order chi connectivity index (χ1) is 13.8. The lowest BCUT2D eigenvalue weighted by Crippen LogP contribution is -2.33. The van der Waals surface area contributed by atoms with Gasteiger partial charge < -0.3 is 0 Å². The smallest absolute Gasteiger partial charge is 0.293 e. The Balaban J connectivity index is 1.66. The van der Waals surface area contributed by atoms with Gasteiger partial charge in [0.1, 0.15) is 0 Å². The normalized spacial score (nSPS) is 15.3. The van der Waals surface area contributed by atoms with Crippen LogP contribution in [0.3, 0.4) is 0 Å². The van der Waals surface area contributed by atoms with Crippen molar-refractivity contribution in [2.45, 2.75) is 39.3 Å². The minimum Gasteiger partial charge on any atom is -0.293 e. The number of benzene rings is 2. The first-order valence-electron chi connectivity index (χ1n) is 10.1. The van der Waals surface area contributed by atoms with Crippen molar-refractivity contribution in [2.24, 2.45) is 0 Å². The van der Waals surface area contributed by atoms with Crippen LogP contribution in [-0.2, 0) is 19.0 Å². The van der Waals surface area contributed by atoms with Gasteiger partial charge in [-0.1, -0.05) is 44.2 Å². The molecule has 2 aromatic rings. The van der Waals surface area contributed by atoms with Crippen molar-refractivity contribution in [3.63, 3.8) is 0 Å². The van der Waals surface area contributed by atoms with Crippen LogP contribution in [0.5, 0.6) is 0 Å². The van der Waals surface area contributed by atoms with Crippen molar-refractivity contribution in [2.75, 3.05) is 19.6 Å². The molecule has 0 saturated carbocycles. The number of aryl methyl sites for hydroxylation is 2. The summed E-state index contributed by atoms with van der Waals surface area (Å²) in [5, 5.41) is 0. The van der Waals surface area contributed by atoms with Crippen molar-refractivity contribution in [1.29, 1.82) is 0 Å². The number of carbonyl (C=O) groups excluding carboxylic acids is 1. The van der Waals surface area contributed by atoms with Crippen LogP contribution in [-0.4, -0.2) is 30.3 Å². The van der Waals surface area contributed by atoms with Gasteiger partial charge in [-0.15, -0.1) is 0 Å². The fraction of sp³-hybridized carbons (Fsp3) is 0.375. The van der Waals surface area contributed by atoms with E-state index in [1.165, 1.54) is 23.3 Å². The zero-order chi connectivity index (χ0) is 21.0. The molecule has 1 heterocycles. The van der Waals surface area contributed by atoms with Crippen molar-refractivity contribution in [1.82, 2.24) is 4.90 Å². The van der Waals surface area contributed by atoms with Gasteiger partial charge in [0.15, 0.2) is 5.78 Å². The SMILES string of the molecule is CCc1ccc(C(=O)CN2CC=C(c3cccc(C(F)(F)F)c3)CC2)cc1CC. The Bertz CT molecular complexity index is 915. The quantitative estimate of drug-likeness (QED) is 0.570. The van der Waals surface area contributed by atoms with Gasteiger partial charge in [0.2, 0.25) is 0 Å². The van der Waals surface area contributed by atoms with E-state index in [2.05, 4.69) is 13.8 Å². The number of alkyl halides is 3. The molecule has 0 atom stereocenters. The van der Waals surface area contributed by atoms with E-state index in [9.17, 15) is 18.0 Å². The molecule has 0 spiro atoms. The predicted molar refractivity (Wildman–Crippen MR) is 110 cm³/mol. The first-order valence-corrected chi connectivity index (χ1v) is 10.1. The molecule has 0 amide bonds. The molecule has 0 aromatic heterocycles. The number of nitrogens with zero attached hydrogens (tertiary/aromatic N) is 1. The summed E-state index contributed by atoms with van der Waals surface area (Å²) in [7, 11) is 0. The molecule has 2 nitrogen and oxygen atoms in total. The maximum atomic E-state index is 12.9. The standard InChI is InChI=1S/C24H26F3NO/c1-3-17-8-9-21(14-18(17)4-2)23(29)16-28-12-10-19(11-13-28)20-6-5-7-22(15-20)24(25,26)27/h5-10,14-15H,3-4,11-13,16H2,1-2H3. The van der Waals surface area contributed by atoms with E-state index in [0.29, 0.717) is 31.6 Å². The predicted octanol–water partition coefficient (Wildman–Crippen LogP) is 5.80. The van der Waals surface area contributed by atoms with Gasteiger partial charge in [-0.25, -0.2) is 0 Å². The average Bonchev–Trinajstić information content (AvgIpc) is 2.73. The van der Waals surface area contributed by atoms with Gasteiger partial charge in [-0.2, -0.15) is 13.2 Å². The molecule has 0 aliphatic carbocycles. The second kappa shape index (κ2) is 8.95. The summed E-state index contributed by atoms with van der Waals surface area (Å²) in [6.45, 7) is 5.74. The van der Waals surface area contributed by atoms with E-state index in [-0.39, 0.29) is 5.78 Å². The van der Waals surface area contributed by atoms with Gasteiger partial charge >= 0.3 is 6.18 Å². The van der Waals surface area contributed by atoms with Gasteiger partial charge in [-0.3, -0.25) is 9.69 Å². The lowest BCUT2D eigenvalue weighted by Gasteiger charge is -2.26. The molecule has 0 saturated heterocycles. The van der Waals surface area contributed by atoms with E-state index < -0.39 is 11.7 Å². The molecule has 0 bridgehead atoms.